The van der Waals surface area contributed by atoms with Crippen LogP contribution in [0.25, 0.3) is 12.2 Å². The molecule has 0 spiro atoms. The Balaban J connectivity index is 2.13. The molecule has 1 atom stereocenters. The smallest absolute Gasteiger partial charge is 0.116 e. The standard InChI is InChI=1S/C21H25NO/c1-16-8-6-11-20-18(16)13-12-17-9-4-5-10-19(17)21(20,23)14-7-15-22(2)3/h4-6,8-13,23H,7,14-15H2,1-3H3. The van der Waals surface area contributed by atoms with E-state index in [0.717, 1.165) is 41.6 Å². The van der Waals surface area contributed by atoms with Gasteiger partial charge in [0.25, 0.3) is 0 Å². The van der Waals surface area contributed by atoms with Gasteiger partial charge in [0, 0.05) is 0 Å². The van der Waals surface area contributed by atoms with Crippen LogP contribution in [-0.4, -0.2) is 30.6 Å². The lowest BCUT2D eigenvalue weighted by Crippen LogP contribution is -2.30. The van der Waals surface area contributed by atoms with E-state index in [1.165, 1.54) is 5.56 Å². The Morgan fingerprint density at radius 1 is 0.957 bits per heavy atom. The summed E-state index contributed by atoms with van der Waals surface area (Å²) in [5.74, 6) is 0. The Morgan fingerprint density at radius 3 is 2.48 bits per heavy atom. The quantitative estimate of drug-likeness (QED) is 0.921. The van der Waals surface area contributed by atoms with Crippen LogP contribution in [-0.2, 0) is 5.60 Å². The Morgan fingerprint density at radius 2 is 1.70 bits per heavy atom. The van der Waals surface area contributed by atoms with E-state index in [-0.39, 0.29) is 0 Å². The molecule has 2 heteroatoms. The number of nitrogens with zero attached hydrogens (tertiary/aromatic N) is 1. The van der Waals surface area contributed by atoms with Crippen LogP contribution in [0.5, 0.6) is 0 Å². The van der Waals surface area contributed by atoms with Crippen LogP contribution < -0.4 is 0 Å². The molecule has 0 aliphatic heterocycles. The molecule has 2 aromatic carbocycles. The highest BCUT2D eigenvalue weighted by atomic mass is 16.3. The third-order valence-electron chi connectivity index (χ3n) is 4.75. The van der Waals surface area contributed by atoms with Crippen LogP contribution in [0, 0.1) is 6.92 Å². The van der Waals surface area contributed by atoms with E-state index < -0.39 is 5.60 Å². The monoisotopic (exact) mass is 307 g/mol. The van der Waals surface area contributed by atoms with Crippen molar-refractivity contribution < 1.29 is 5.11 Å². The van der Waals surface area contributed by atoms with E-state index in [9.17, 15) is 5.11 Å². The third-order valence-corrected chi connectivity index (χ3v) is 4.75. The first-order valence-electron chi connectivity index (χ1n) is 8.27. The fraction of sp³-hybridized carbons (Fsp3) is 0.333. The second-order valence-electron chi connectivity index (χ2n) is 6.72. The van der Waals surface area contributed by atoms with Gasteiger partial charge in [0.15, 0.2) is 0 Å². The molecule has 120 valence electrons. The van der Waals surface area contributed by atoms with E-state index in [4.69, 9.17) is 0 Å². The van der Waals surface area contributed by atoms with Gasteiger partial charge in [0.1, 0.15) is 5.60 Å². The summed E-state index contributed by atoms with van der Waals surface area (Å²) in [5.41, 5.74) is 4.57. The molecule has 2 aromatic rings. The largest absolute Gasteiger partial charge is 0.380 e. The maximum absolute atomic E-state index is 11.7. The topological polar surface area (TPSA) is 23.5 Å². The fourth-order valence-corrected chi connectivity index (χ4v) is 3.52. The molecule has 0 fully saturated rings. The molecule has 0 saturated heterocycles. The molecule has 0 heterocycles. The maximum Gasteiger partial charge on any atom is 0.116 e. The number of hydrogen-bond donors (Lipinski definition) is 1. The molecule has 0 aromatic heterocycles. The zero-order valence-corrected chi connectivity index (χ0v) is 14.2. The van der Waals surface area contributed by atoms with E-state index in [2.05, 4.69) is 62.3 Å². The zero-order valence-electron chi connectivity index (χ0n) is 14.2. The molecular formula is C21H25NO. The van der Waals surface area contributed by atoms with Crippen LogP contribution in [0.2, 0.25) is 0 Å². The average Bonchev–Trinajstić information content (AvgIpc) is 2.65. The summed E-state index contributed by atoms with van der Waals surface area (Å²) >= 11 is 0. The van der Waals surface area contributed by atoms with E-state index in [0.29, 0.717) is 0 Å². The van der Waals surface area contributed by atoms with Gasteiger partial charge in [0.2, 0.25) is 0 Å². The van der Waals surface area contributed by atoms with Crippen molar-refractivity contribution in [2.75, 3.05) is 20.6 Å². The molecule has 0 saturated carbocycles. The normalized spacial score (nSPS) is 19.3. The molecule has 3 rings (SSSR count). The van der Waals surface area contributed by atoms with E-state index in [1.54, 1.807) is 0 Å². The van der Waals surface area contributed by atoms with Crippen molar-refractivity contribution in [2.24, 2.45) is 0 Å². The number of rotatable bonds is 4. The highest BCUT2D eigenvalue weighted by Crippen LogP contribution is 2.41. The van der Waals surface area contributed by atoms with Gasteiger partial charge in [-0.15, -0.1) is 0 Å². The molecule has 1 aliphatic carbocycles. The molecule has 1 aliphatic rings. The predicted octanol–water partition coefficient (Wildman–Crippen LogP) is 4.06. The Labute approximate surface area is 139 Å². The van der Waals surface area contributed by atoms with Gasteiger partial charge >= 0.3 is 0 Å². The van der Waals surface area contributed by atoms with Gasteiger partial charge in [-0.25, -0.2) is 0 Å². The number of aryl methyl sites for hydroxylation is 1. The number of hydrogen-bond acceptors (Lipinski definition) is 2. The molecule has 1 unspecified atom stereocenters. The lowest BCUT2D eigenvalue weighted by molar-refractivity contribution is 0.0662. The minimum absolute atomic E-state index is 0.723. The van der Waals surface area contributed by atoms with Crippen LogP contribution in [0.1, 0.15) is 40.7 Å². The van der Waals surface area contributed by atoms with Gasteiger partial charge in [-0.05, 0) is 68.2 Å². The summed E-state index contributed by atoms with van der Waals surface area (Å²) in [7, 11) is 4.15. The second kappa shape index (κ2) is 6.31. The summed E-state index contributed by atoms with van der Waals surface area (Å²) in [4.78, 5) is 2.17. The van der Waals surface area contributed by atoms with Crippen molar-refractivity contribution in [3.05, 3.63) is 70.3 Å². The molecule has 23 heavy (non-hydrogen) atoms. The first-order chi connectivity index (χ1) is 11.0. The van der Waals surface area contributed by atoms with Gasteiger partial charge in [-0.2, -0.15) is 0 Å². The van der Waals surface area contributed by atoms with Crippen molar-refractivity contribution >= 4 is 12.2 Å². The first-order valence-corrected chi connectivity index (χ1v) is 8.27. The molecule has 2 nitrogen and oxygen atoms in total. The molecule has 1 N–H and O–H groups in total. The number of fused-ring (bicyclic) bond motifs is 2. The highest BCUT2D eigenvalue weighted by Gasteiger charge is 2.35. The minimum atomic E-state index is -0.933. The van der Waals surface area contributed by atoms with Gasteiger partial charge in [-0.1, -0.05) is 54.6 Å². The highest BCUT2D eigenvalue weighted by molar-refractivity contribution is 5.78. The SMILES string of the molecule is Cc1cccc2c1C=Cc1ccccc1C2(O)CCCN(C)C. The lowest BCUT2D eigenvalue weighted by Gasteiger charge is -2.32. The maximum atomic E-state index is 11.7. The van der Waals surface area contributed by atoms with Crippen LogP contribution >= 0.6 is 0 Å². The Hall–Kier alpha value is -1.90. The van der Waals surface area contributed by atoms with Crippen molar-refractivity contribution in [3.8, 4) is 0 Å². The van der Waals surface area contributed by atoms with Gasteiger partial charge in [-0.3, -0.25) is 0 Å². The summed E-state index contributed by atoms with van der Waals surface area (Å²) < 4.78 is 0. The summed E-state index contributed by atoms with van der Waals surface area (Å²) in [6, 6.07) is 14.4. The zero-order chi connectivity index (χ0) is 16.4. The molecule has 0 radical (unpaired) electrons. The van der Waals surface area contributed by atoms with Gasteiger partial charge < -0.3 is 10.0 Å². The van der Waals surface area contributed by atoms with Gasteiger partial charge in [0.05, 0.1) is 0 Å². The summed E-state index contributed by atoms with van der Waals surface area (Å²) in [6.07, 6.45) is 5.95. The molecular weight excluding hydrogens is 282 g/mol. The fourth-order valence-electron chi connectivity index (χ4n) is 3.52. The molecule has 0 amide bonds. The third kappa shape index (κ3) is 2.97. The van der Waals surface area contributed by atoms with Crippen molar-refractivity contribution in [3.63, 3.8) is 0 Å². The van der Waals surface area contributed by atoms with Crippen LogP contribution in [0.4, 0.5) is 0 Å². The lowest BCUT2D eigenvalue weighted by atomic mass is 9.79. The minimum Gasteiger partial charge on any atom is -0.380 e. The van der Waals surface area contributed by atoms with Crippen LogP contribution in [0.15, 0.2) is 42.5 Å². The average molecular weight is 307 g/mol. The molecule has 0 bridgehead atoms. The summed E-state index contributed by atoms with van der Waals surface area (Å²) in [6.45, 7) is 3.08. The number of benzene rings is 2. The second-order valence-corrected chi connectivity index (χ2v) is 6.72. The first kappa shape index (κ1) is 16.0. The van der Waals surface area contributed by atoms with E-state index in [1.807, 2.05) is 18.2 Å². The Bertz CT molecular complexity index is 732. The Kier molecular flexibility index (Phi) is 4.38. The van der Waals surface area contributed by atoms with Crippen molar-refractivity contribution in [1.82, 2.24) is 4.90 Å². The van der Waals surface area contributed by atoms with E-state index >= 15 is 0 Å². The predicted molar refractivity (Wildman–Crippen MR) is 97.3 cm³/mol. The van der Waals surface area contributed by atoms with Crippen LogP contribution in [0.3, 0.4) is 0 Å². The van der Waals surface area contributed by atoms with Crippen molar-refractivity contribution in [2.45, 2.75) is 25.4 Å². The van der Waals surface area contributed by atoms with Crippen molar-refractivity contribution in [1.29, 1.82) is 0 Å². The summed E-state index contributed by atoms with van der Waals surface area (Å²) in [5, 5.41) is 11.7. The number of aliphatic hydroxyl groups is 1.